The Morgan fingerprint density at radius 3 is 2.57 bits per heavy atom. The van der Waals surface area contributed by atoms with Crippen LogP contribution in [0.15, 0.2) is 59.1 Å². The number of halogens is 3. The van der Waals surface area contributed by atoms with Crippen LogP contribution in [0.25, 0.3) is 0 Å². The summed E-state index contributed by atoms with van der Waals surface area (Å²) in [5.41, 5.74) is 2.31. The smallest absolute Gasteiger partial charge is 0.337 e. The number of carbonyl (C=O) groups is 1. The fourth-order valence-corrected chi connectivity index (χ4v) is 3.66. The molecule has 0 atom stereocenters. The average Bonchev–Trinajstić information content (AvgIpc) is 2.73. The van der Waals surface area contributed by atoms with Crippen LogP contribution in [0.5, 0.6) is 11.5 Å². The molecule has 2 N–H and O–H groups in total. The maximum atomic E-state index is 11.3. The van der Waals surface area contributed by atoms with Gasteiger partial charge in [0.15, 0.2) is 11.5 Å². The molecule has 0 aliphatic carbocycles. The summed E-state index contributed by atoms with van der Waals surface area (Å²) in [5, 5.41) is 13.3. The van der Waals surface area contributed by atoms with Crippen LogP contribution in [0.1, 0.15) is 21.5 Å². The molecule has 3 rings (SSSR count). The first-order chi connectivity index (χ1) is 14.4. The van der Waals surface area contributed by atoms with Gasteiger partial charge in [0.25, 0.3) is 0 Å². The molecule has 0 saturated heterocycles. The normalized spacial score (nSPS) is 10.5. The van der Waals surface area contributed by atoms with Crippen LogP contribution in [0.2, 0.25) is 10.0 Å². The summed E-state index contributed by atoms with van der Waals surface area (Å²) in [7, 11) is 1.57. The number of carboxylic acid groups (broad SMARTS) is 1. The minimum Gasteiger partial charge on any atom is -0.493 e. The van der Waals surface area contributed by atoms with Gasteiger partial charge in [-0.15, -0.1) is 0 Å². The molecule has 0 bridgehead atoms. The van der Waals surface area contributed by atoms with Crippen molar-refractivity contribution in [1.29, 1.82) is 0 Å². The molecule has 0 fully saturated rings. The highest BCUT2D eigenvalue weighted by Crippen LogP contribution is 2.37. The first kappa shape index (κ1) is 22.3. The minimum absolute atomic E-state index is 0.0292. The molecule has 3 aromatic rings. The van der Waals surface area contributed by atoms with Crippen molar-refractivity contribution in [3.05, 3.63) is 85.8 Å². The van der Waals surface area contributed by atoms with Gasteiger partial charge in [0.2, 0.25) is 0 Å². The third kappa shape index (κ3) is 5.19. The standard InChI is InChI=1S/C22H18BrCl2NO4/c1-29-20-9-7-17(23)16(21(20)30-12-13-4-2-3-5-18(13)24)11-26-14-6-8-19(25)15(10-14)22(27)28/h2-10,26H,11-12H2,1H3,(H,27,28). The number of methoxy groups -OCH3 is 1. The number of aromatic carboxylic acids is 1. The summed E-state index contributed by atoms with van der Waals surface area (Å²) in [6.45, 7) is 0.625. The highest BCUT2D eigenvalue weighted by molar-refractivity contribution is 9.10. The van der Waals surface area contributed by atoms with E-state index < -0.39 is 5.97 Å². The van der Waals surface area contributed by atoms with Crippen LogP contribution in [0.4, 0.5) is 5.69 Å². The molecule has 0 heterocycles. The number of rotatable bonds is 8. The molecule has 3 aromatic carbocycles. The highest BCUT2D eigenvalue weighted by atomic mass is 79.9. The van der Waals surface area contributed by atoms with E-state index >= 15 is 0 Å². The van der Waals surface area contributed by atoms with E-state index in [-0.39, 0.29) is 17.2 Å². The summed E-state index contributed by atoms with van der Waals surface area (Å²) in [6, 6.07) is 15.9. The largest absolute Gasteiger partial charge is 0.493 e. The van der Waals surface area contributed by atoms with Crippen LogP contribution in [-0.4, -0.2) is 18.2 Å². The van der Waals surface area contributed by atoms with E-state index in [4.69, 9.17) is 32.7 Å². The zero-order valence-corrected chi connectivity index (χ0v) is 19.0. The van der Waals surface area contributed by atoms with Gasteiger partial charge in [0.05, 0.1) is 17.7 Å². The molecule has 0 unspecified atom stereocenters. The molecule has 0 saturated carbocycles. The number of benzene rings is 3. The van der Waals surface area contributed by atoms with Gasteiger partial charge >= 0.3 is 5.97 Å². The lowest BCUT2D eigenvalue weighted by Crippen LogP contribution is -2.07. The molecule has 0 radical (unpaired) electrons. The number of nitrogens with one attached hydrogen (secondary N) is 1. The van der Waals surface area contributed by atoms with Gasteiger partial charge in [0.1, 0.15) is 6.61 Å². The Morgan fingerprint density at radius 1 is 1.10 bits per heavy atom. The molecule has 0 aliphatic heterocycles. The van der Waals surface area contributed by atoms with Gasteiger partial charge < -0.3 is 19.9 Å². The molecule has 156 valence electrons. The maximum absolute atomic E-state index is 11.3. The maximum Gasteiger partial charge on any atom is 0.337 e. The lowest BCUT2D eigenvalue weighted by Gasteiger charge is -2.18. The van der Waals surface area contributed by atoms with Gasteiger partial charge in [0, 0.05) is 32.9 Å². The molecule has 0 amide bonds. The van der Waals surface area contributed by atoms with Crippen molar-refractivity contribution in [1.82, 2.24) is 0 Å². The summed E-state index contributed by atoms with van der Waals surface area (Å²) >= 11 is 15.7. The zero-order valence-electron chi connectivity index (χ0n) is 15.9. The second kappa shape index (κ2) is 10.1. The van der Waals surface area contributed by atoms with Crippen molar-refractivity contribution in [2.45, 2.75) is 13.2 Å². The third-order valence-electron chi connectivity index (χ3n) is 4.38. The summed E-state index contributed by atoms with van der Waals surface area (Å²) in [5.74, 6) is 0.0473. The van der Waals surface area contributed by atoms with E-state index in [1.807, 2.05) is 24.3 Å². The Kier molecular flexibility index (Phi) is 7.48. The number of ether oxygens (including phenoxy) is 2. The number of hydrogen-bond donors (Lipinski definition) is 2. The predicted molar refractivity (Wildman–Crippen MR) is 122 cm³/mol. The molecular formula is C22H18BrCl2NO4. The number of carboxylic acids is 1. The number of hydrogen-bond acceptors (Lipinski definition) is 4. The van der Waals surface area contributed by atoms with Crippen molar-refractivity contribution < 1.29 is 19.4 Å². The molecule has 30 heavy (non-hydrogen) atoms. The first-order valence-corrected chi connectivity index (χ1v) is 10.4. The van der Waals surface area contributed by atoms with Crippen LogP contribution in [0.3, 0.4) is 0 Å². The van der Waals surface area contributed by atoms with E-state index in [1.165, 1.54) is 6.07 Å². The molecule has 8 heteroatoms. The lowest BCUT2D eigenvalue weighted by molar-refractivity contribution is 0.0697. The second-order valence-corrected chi connectivity index (χ2v) is 7.96. The quantitative estimate of drug-likeness (QED) is 0.355. The van der Waals surface area contributed by atoms with Gasteiger partial charge in [-0.25, -0.2) is 4.79 Å². The van der Waals surface area contributed by atoms with Crippen LogP contribution < -0.4 is 14.8 Å². The highest BCUT2D eigenvalue weighted by Gasteiger charge is 2.16. The minimum atomic E-state index is -1.09. The predicted octanol–water partition coefficient (Wildman–Crippen LogP) is 6.65. The Balaban J connectivity index is 1.86. The van der Waals surface area contributed by atoms with Crippen molar-refractivity contribution in [2.24, 2.45) is 0 Å². The molecule has 0 aromatic heterocycles. The molecule has 0 spiro atoms. The first-order valence-electron chi connectivity index (χ1n) is 8.89. The van der Waals surface area contributed by atoms with Gasteiger partial charge in [-0.2, -0.15) is 0 Å². The Hall–Kier alpha value is -2.41. The Labute approximate surface area is 192 Å². The Bertz CT molecular complexity index is 1070. The summed E-state index contributed by atoms with van der Waals surface area (Å²) in [4.78, 5) is 11.3. The van der Waals surface area contributed by atoms with Crippen LogP contribution >= 0.6 is 39.1 Å². The van der Waals surface area contributed by atoms with Gasteiger partial charge in [-0.05, 0) is 36.4 Å². The monoisotopic (exact) mass is 509 g/mol. The van der Waals surface area contributed by atoms with Crippen LogP contribution in [-0.2, 0) is 13.2 Å². The van der Waals surface area contributed by atoms with E-state index in [1.54, 1.807) is 31.4 Å². The zero-order chi connectivity index (χ0) is 21.7. The van der Waals surface area contributed by atoms with E-state index in [9.17, 15) is 9.90 Å². The summed E-state index contributed by atoms with van der Waals surface area (Å²) < 4.78 is 12.4. The van der Waals surface area contributed by atoms with Crippen molar-refractivity contribution in [2.75, 3.05) is 12.4 Å². The molecular weight excluding hydrogens is 493 g/mol. The number of anilines is 1. The Morgan fingerprint density at radius 2 is 1.87 bits per heavy atom. The van der Waals surface area contributed by atoms with E-state index in [0.29, 0.717) is 28.8 Å². The van der Waals surface area contributed by atoms with Gasteiger partial charge in [-0.1, -0.05) is 57.3 Å². The van der Waals surface area contributed by atoms with Crippen molar-refractivity contribution in [3.63, 3.8) is 0 Å². The second-order valence-electron chi connectivity index (χ2n) is 6.29. The lowest BCUT2D eigenvalue weighted by atomic mass is 10.1. The molecule has 0 aliphatic rings. The third-order valence-corrected chi connectivity index (χ3v) is 5.82. The molecule has 5 nitrogen and oxygen atoms in total. The van der Waals surface area contributed by atoms with Crippen molar-refractivity contribution >= 4 is 50.8 Å². The fraction of sp³-hybridized carbons (Fsp3) is 0.136. The van der Waals surface area contributed by atoms with Crippen LogP contribution in [0, 0.1) is 0 Å². The fourth-order valence-electron chi connectivity index (χ4n) is 2.82. The van der Waals surface area contributed by atoms with Gasteiger partial charge in [-0.3, -0.25) is 0 Å². The average molecular weight is 511 g/mol. The summed E-state index contributed by atoms with van der Waals surface area (Å²) in [6.07, 6.45) is 0. The topological polar surface area (TPSA) is 67.8 Å². The van der Waals surface area contributed by atoms with E-state index in [2.05, 4.69) is 21.2 Å². The van der Waals surface area contributed by atoms with Crippen molar-refractivity contribution in [3.8, 4) is 11.5 Å². The van der Waals surface area contributed by atoms with E-state index in [0.717, 1.165) is 15.6 Å². The SMILES string of the molecule is COc1ccc(Br)c(CNc2ccc(Cl)c(C(=O)O)c2)c1OCc1ccccc1Cl.